The van der Waals surface area contributed by atoms with Crippen LogP contribution in [0.1, 0.15) is 33.3 Å². The van der Waals surface area contributed by atoms with Crippen molar-refractivity contribution in [3.05, 3.63) is 28.0 Å². The number of hydrogen-bond acceptors (Lipinski definition) is 2. The molecular weight excluding hydrogens is 355 g/mol. The van der Waals surface area contributed by atoms with Crippen molar-refractivity contribution in [1.29, 1.82) is 0 Å². The molecule has 2 rings (SSSR count). The van der Waals surface area contributed by atoms with Gasteiger partial charge < -0.3 is 9.31 Å². The van der Waals surface area contributed by atoms with Crippen LogP contribution >= 0.6 is 15.9 Å². The zero-order chi connectivity index (χ0) is 16.2. The molecule has 1 fully saturated rings. The van der Waals surface area contributed by atoms with E-state index in [1.54, 1.807) is 27.7 Å². The number of benzene rings is 1. The second-order valence-corrected chi connectivity index (χ2v) is 6.86. The van der Waals surface area contributed by atoms with Gasteiger partial charge in [-0.05, 0) is 39.8 Å². The second-order valence-electron chi connectivity index (χ2n) is 5.94. The first-order chi connectivity index (χ1) is 9.35. The van der Waals surface area contributed by atoms with E-state index in [0.717, 1.165) is 0 Å². The summed E-state index contributed by atoms with van der Waals surface area (Å²) in [5, 5.41) is 0. The molecule has 1 aromatic carbocycles. The van der Waals surface area contributed by atoms with E-state index < -0.39 is 35.9 Å². The van der Waals surface area contributed by atoms with Crippen molar-refractivity contribution in [3.63, 3.8) is 0 Å². The highest BCUT2D eigenvalue weighted by Crippen LogP contribution is 2.38. The summed E-state index contributed by atoms with van der Waals surface area (Å²) in [7, 11) is -1.19. The molecule has 0 saturated carbocycles. The topological polar surface area (TPSA) is 18.5 Å². The maximum absolute atomic E-state index is 14.2. The molecule has 0 unspecified atom stereocenters. The minimum atomic E-state index is -4.79. The fourth-order valence-corrected chi connectivity index (χ4v) is 2.43. The molecule has 1 aromatic rings. The highest BCUT2D eigenvalue weighted by Gasteiger charge is 2.53. The zero-order valence-corrected chi connectivity index (χ0v) is 13.5. The van der Waals surface area contributed by atoms with Gasteiger partial charge >= 0.3 is 13.3 Å². The summed E-state index contributed by atoms with van der Waals surface area (Å²) in [6, 6.07) is 1.94. The van der Waals surface area contributed by atoms with Gasteiger partial charge in [0.25, 0.3) is 0 Å². The first kappa shape index (κ1) is 16.8. The minimum absolute atomic E-state index is 0.112. The molecule has 1 saturated heterocycles. The smallest absolute Gasteiger partial charge is 0.399 e. The minimum Gasteiger partial charge on any atom is -0.399 e. The van der Waals surface area contributed by atoms with E-state index in [4.69, 9.17) is 9.31 Å². The molecule has 0 aromatic heterocycles. The van der Waals surface area contributed by atoms with Crippen molar-refractivity contribution in [3.8, 4) is 0 Å². The molecular formula is C13H14BBrF4O2. The summed E-state index contributed by atoms with van der Waals surface area (Å²) >= 11 is 2.97. The van der Waals surface area contributed by atoms with Crippen molar-refractivity contribution in [2.24, 2.45) is 0 Å². The maximum atomic E-state index is 14.2. The molecule has 0 atom stereocenters. The van der Waals surface area contributed by atoms with Crippen LogP contribution in [0.2, 0.25) is 0 Å². The Morgan fingerprint density at radius 3 is 1.95 bits per heavy atom. The van der Waals surface area contributed by atoms with E-state index in [0.29, 0.717) is 6.07 Å². The first-order valence-corrected chi connectivity index (χ1v) is 7.06. The Kier molecular flexibility index (Phi) is 3.96. The SMILES string of the molecule is CC1(C)OB(c2cc(Br)cc(C(F)(F)F)c2F)OC1(C)C. The third-order valence-electron chi connectivity index (χ3n) is 3.88. The first-order valence-electron chi connectivity index (χ1n) is 6.27. The predicted octanol–water partition coefficient (Wildman–Crippen LogP) is 3.91. The molecule has 21 heavy (non-hydrogen) atoms. The molecule has 0 N–H and O–H groups in total. The van der Waals surface area contributed by atoms with Crippen molar-refractivity contribution >= 4 is 28.5 Å². The van der Waals surface area contributed by atoms with Crippen LogP contribution in [0.4, 0.5) is 17.6 Å². The van der Waals surface area contributed by atoms with Gasteiger partial charge in [-0.2, -0.15) is 13.2 Å². The van der Waals surface area contributed by atoms with Gasteiger partial charge in [-0.25, -0.2) is 4.39 Å². The molecule has 1 aliphatic rings. The molecule has 0 aliphatic carbocycles. The summed E-state index contributed by atoms with van der Waals surface area (Å²) in [4.78, 5) is 0. The molecule has 2 nitrogen and oxygen atoms in total. The lowest BCUT2D eigenvalue weighted by Crippen LogP contribution is -2.41. The monoisotopic (exact) mass is 368 g/mol. The summed E-state index contributed by atoms with van der Waals surface area (Å²) in [5.41, 5.74) is -3.13. The largest absolute Gasteiger partial charge is 0.497 e. The van der Waals surface area contributed by atoms with Crippen LogP contribution in [-0.4, -0.2) is 18.3 Å². The average molecular weight is 369 g/mol. The van der Waals surface area contributed by atoms with Gasteiger partial charge in [0.1, 0.15) is 5.82 Å². The van der Waals surface area contributed by atoms with E-state index in [-0.39, 0.29) is 9.94 Å². The van der Waals surface area contributed by atoms with Crippen molar-refractivity contribution in [2.75, 3.05) is 0 Å². The van der Waals surface area contributed by atoms with Crippen LogP contribution in [0, 0.1) is 5.82 Å². The highest BCUT2D eigenvalue weighted by atomic mass is 79.9. The van der Waals surface area contributed by atoms with E-state index in [1.165, 1.54) is 6.07 Å². The van der Waals surface area contributed by atoms with E-state index in [2.05, 4.69) is 15.9 Å². The third kappa shape index (κ3) is 2.98. The summed E-state index contributed by atoms with van der Waals surface area (Å²) in [6.45, 7) is 6.97. The molecule has 0 radical (unpaired) electrons. The molecule has 0 bridgehead atoms. The lowest BCUT2D eigenvalue weighted by molar-refractivity contribution is -0.139. The van der Waals surface area contributed by atoms with Gasteiger partial charge in [-0.15, -0.1) is 0 Å². The maximum Gasteiger partial charge on any atom is 0.497 e. The van der Waals surface area contributed by atoms with Crippen LogP contribution in [0.3, 0.4) is 0 Å². The van der Waals surface area contributed by atoms with Crippen LogP contribution < -0.4 is 5.46 Å². The van der Waals surface area contributed by atoms with Gasteiger partial charge in [0.15, 0.2) is 0 Å². The van der Waals surface area contributed by atoms with Crippen LogP contribution in [0.15, 0.2) is 16.6 Å². The standard InChI is InChI=1S/C13H14BBrF4O2/c1-11(2)12(3,4)21-14(20-11)9-6-7(15)5-8(10(9)16)13(17,18)19/h5-6H,1-4H3. The number of hydrogen-bond donors (Lipinski definition) is 0. The zero-order valence-electron chi connectivity index (χ0n) is 11.9. The molecule has 0 amide bonds. The molecule has 8 heteroatoms. The lowest BCUT2D eigenvalue weighted by atomic mass is 9.77. The molecule has 1 heterocycles. The van der Waals surface area contributed by atoms with Crippen molar-refractivity contribution in [2.45, 2.75) is 45.1 Å². The van der Waals surface area contributed by atoms with Crippen LogP contribution in [0.25, 0.3) is 0 Å². The predicted molar refractivity (Wildman–Crippen MR) is 74.8 cm³/mol. The Morgan fingerprint density at radius 2 is 1.52 bits per heavy atom. The molecule has 116 valence electrons. The normalized spacial score (nSPS) is 20.9. The Morgan fingerprint density at radius 1 is 1.05 bits per heavy atom. The second kappa shape index (κ2) is 4.96. The van der Waals surface area contributed by atoms with Crippen molar-refractivity contribution in [1.82, 2.24) is 0 Å². The van der Waals surface area contributed by atoms with Crippen molar-refractivity contribution < 1.29 is 26.9 Å². The summed E-state index contributed by atoms with van der Waals surface area (Å²) < 4.78 is 64.1. The fourth-order valence-electron chi connectivity index (χ4n) is 1.96. The van der Waals surface area contributed by atoms with Gasteiger partial charge in [-0.3, -0.25) is 0 Å². The van der Waals surface area contributed by atoms with Gasteiger partial charge in [0.05, 0.1) is 16.8 Å². The summed E-state index contributed by atoms with van der Waals surface area (Å²) in [5.74, 6) is -1.37. The van der Waals surface area contributed by atoms with E-state index in [9.17, 15) is 17.6 Å². The summed E-state index contributed by atoms with van der Waals surface area (Å²) in [6.07, 6.45) is -4.79. The fraction of sp³-hybridized carbons (Fsp3) is 0.538. The molecule has 0 spiro atoms. The Balaban J connectivity index is 2.50. The highest BCUT2D eigenvalue weighted by molar-refractivity contribution is 9.10. The quantitative estimate of drug-likeness (QED) is 0.552. The third-order valence-corrected chi connectivity index (χ3v) is 4.34. The average Bonchev–Trinajstić information content (AvgIpc) is 2.49. The van der Waals surface area contributed by atoms with Gasteiger partial charge in [-0.1, -0.05) is 15.9 Å². The Bertz CT molecular complexity index is 556. The van der Waals surface area contributed by atoms with Crippen LogP contribution in [0.5, 0.6) is 0 Å². The Labute approximate surface area is 129 Å². The van der Waals surface area contributed by atoms with E-state index in [1.807, 2.05) is 0 Å². The number of alkyl halides is 3. The van der Waals surface area contributed by atoms with E-state index >= 15 is 0 Å². The number of halogens is 5. The van der Waals surface area contributed by atoms with Gasteiger partial charge in [0, 0.05) is 9.94 Å². The lowest BCUT2D eigenvalue weighted by Gasteiger charge is -2.32. The number of rotatable bonds is 1. The Hall–Kier alpha value is -0.595. The van der Waals surface area contributed by atoms with Crippen LogP contribution in [-0.2, 0) is 15.5 Å². The molecule has 1 aliphatic heterocycles. The van der Waals surface area contributed by atoms with Gasteiger partial charge in [0.2, 0.25) is 0 Å².